The molecule has 4 nitrogen and oxygen atoms in total. The molecule has 1 fully saturated rings. The summed E-state index contributed by atoms with van der Waals surface area (Å²) < 4.78 is 2.24. The molecule has 1 aliphatic heterocycles. The van der Waals surface area contributed by atoms with E-state index in [1.54, 1.807) is 11.9 Å². The third-order valence-corrected chi connectivity index (χ3v) is 5.68. The van der Waals surface area contributed by atoms with Crippen LogP contribution in [0.15, 0.2) is 15.6 Å². The van der Waals surface area contributed by atoms with Crippen molar-refractivity contribution in [3.8, 4) is 0 Å². The molecule has 21 heavy (non-hydrogen) atoms. The summed E-state index contributed by atoms with van der Waals surface area (Å²) in [4.78, 5) is 5.73. The van der Waals surface area contributed by atoms with Crippen LogP contribution >= 0.6 is 11.9 Å². The Labute approximate surface area is 133 Å². The Morgan fingerprint density at radius 1 is 1.33 bits per heavy atom. The van der Waals surface area contributed by atoms with Crippen LogP contribution in [0.2, 0.25) is 0 Å². The Bertz CT molecular complexity index is 411. The van der Waals surface area contributed by atoms with E-state index in [0.717, 1.165) is 23.1 Å². The van der Waals surface area contributed by atoms with Crippen molar-refractivity contribution < 1.29 is 0 Å². The molecule has 0 aromatic carbocycles. The molecule has 0 amide bonds. The third-order valence-electron chi connectivity index (χ3n) is 4.52. The number of aliphatic imine (C=N–C) groups is 1. The zero-order valence-electron chi connectivity index (χ0n) is 13.9. The van der Waals surface area contributed by atoms with Crippen molar-refractivity contribution in [1.29, 1.82) is 0 Å². The van der Waals surface area contributed by atoms with Gasteiger partial charge in [0.1, 0.15) is 5.84 Å². The number of nitrogens with two attached hydrogens (primary N) is 1. The summed E-state index contributed by atoms with van der Waals surface area (Å²) in [6, 6.07) is 0.262. The summed E-state index contributed by atoms with van der Waals surface area (Å²) in [5.41, 5.74) is 10.8. The van der Waals surface area contributed by atoms with Crippen molar-refractivity contribution in [2.45, 2.75) is 65.8 Å². The first kappa shape index (κ1) is 16.7. The van der Waals surface area contributed by atoms with Crippen LogP contribution in [0.5, 0.6) is 0 Å². The lowest BCUT2D eigenvalue weighted by molar-refractivity contribution is 0.269. The van der Waals surface area contributed by atoms with Crippen LogP contribution in [0.1, 0.15) is 59.8 Å². The number of amidine groups is 1. The Morgan fingerprint density at radius 2 is 2.00 bits per heavy atom. The fourth-order valence-electron chi connectivity index (χ4n) is 2.79. The maximum Gasteiger partial charge on any atom is 0.135 e. The van der Waals surface area contributed by atoms with E-state index in [-0.39, 0.29) is 6.04 Å². The Balaban J connectivity index is 1.91. The lowest BCUT2D eigenvalue weighted by Crippen LogP contribution is -2.31. The van der Waals surface area contributed by atoms with Crippen LogP contribution in [0.25, 0.3) is 0 Å². The minimum absolute atomic E-state index is 0.262. The molecule has 0 spiro atoms. The molecule has 1 atom stereocenters. The molecule has 1 saturated carbocycles. The molecule has 1 unspecified atom stereocenters. The van der Waals surface area contributed by atoms with Gasteiger partial charge in [-0.05, 0) is 50.5 Å². The largest absolute Gasteiger partial charge is 0.383 e. The number of rotatable bonds is 5. The predicted molar refractivity (Wildman–Crippen MR) is 92.6 cm³/mol. The summed E-state index contributed by atoms with van der Waals surface area (Å²) in [5, 5.41) is 0. The van der Waals surface area contributed by atoms with Crippen molar-refractivity contribution in [3.05, 3.63) is 10.6 Å². The lowest BCUT2D eigenvalue weighted by Gasteiger charge is -2.26. The molecular formula is C16H30N4S. The van der Waals surface area contributed by atoms with Gasteiger partial charge < -0.3 is 11.2 Å². The third kappa shape index (κ3) is 4.65. The standard InChI is InChI=1S/C16H30N4S/c1-11(2)12(3)18-16(17)15-13(4)19-20(21-15)10-14-8-6-5-7-9-14/h11-12,14,19H,5-10H2,1-4H3,(H2,17,18). The molecule has 120 valence electrons. The molecule has 0 aromatic heterocycles. The first-order valence-electron chi connectivity index (χ1n) is 8.24. The maximum atomic E-state index is 6.21. The normalized spacial score (nSPS) is 23.8. The summed E-state index contributed by atoms with van der Waals surface area (Å²) in [6.07, 6.45) is 6.91. The molecular weight excluding hydrogens is 280 g/mol. The highest BCUT2D eigenvalue weighted by Crippen LogP contribution is 2.33. The predicted octanol–water partition coefficient (Wildman–Crippen LogP) is 3.67. The molecule has 1 heterocycles. The summed E-state index contributed by atoms with van der Waals surface area (Å²) in [6.45, 7) is 9.67. The van der Waals surface area contributed by atoms with Gasteiger partial charge in [-0.15, -0.1) is 0 Å². The molecule has 2 aliphatic rings. The van der Waals surface area contributed by atoms with Crippen molar-refractivity contribution in [2.24, 2.45) is 22.6 Å². The van der Waals surface area contributed by atoms with Crippen LogP contribution in [0.3, 0.4) is 0 Å². The van der Waals surface area contributed by atoms with E-state index in [1.807, 2.05) is 0 Å². The fraction of sp³-hybridized carbons (Fsp3) is 0.812. The van der Waals surface area contributed by atoms with Crippen LogP contribution in [-0.2, 0) is 0 Å². The number of nitrogens with one attached hydrogen (secondary N) is 1. The minimum Gasteiger partial charge on any atom is -0.383 e. The lowest BCUT2D eigenvalue weighted by atomic mass is 9.89. The molecule has 0 radical (unpaired) electrons. The molecule has 0 aromatic rings. The minimum atomic E-state index is 0.262. The Kier molecular flexibility index (Phi) is 5.99. The second-order valence-electron chi connectivity index (χ2n) is 6.72. The van der Waals surface area contributed by atoms with E-state index >= 15 is 0 Å². The van der Waals surface area contributed by atoms with Gasteiger partial charge in [-0.3, -0.25) is 4.99 Å². The first-order chi connectivity index (χ1) is 9.97. The molecule has 0 saturated heterocycles. The van der Waals surface area contributed by atoms with E-state index < -0.39 is 0 Å². The number of hydrogen-bond donors (Lipinski definition) is 2. The number of allylic oxidation sites excluding steroid dienone is 1. The van der Waals surface area contributed by atoms with Gasteiger partial charge >= 0.3 is 0 Å². The second-order valence-corrected chi connectivity index (χ2v) is 7.75. The topological polar surface area (TPSA) is 53.6 Å². The second kappa shape index (κ2) is 7.54. The van der Waals surface area contributed by atoms with E-state index in [4.69, 9.17) is 5.73 Å². The smallest absolute Gasteiger partial charge is 0.135 e. The quantitative estimate of drug-likeness (QED) is 0.462. The number of nitrogens with zero attached hydrogens (tertiary/aromatic N) is 2. The van der Waals surface area contributed by atoms with Gasteiger partial charge in [0.25, 0.3) is 0 Å². The summed E-state index contributed by atoms with van der Waals surface area (Å²) in [7, 11) is 0. The maximum absolute atomic E-state index is 6.21. The van der Waals surface area contributed by atoms with E-state index in [0.29, 0.717) is 11.8 Å². The Morgan fingerprint density at radius 3 is 2.62 bits per heavy atom. The summed E-state index contributed by atoms with van der Waals surface area (Å²) in [5.74, 6) is 2.01. The van der Waals surface area contributed by atoms with E-state index in [1.165, 1.54) is 32.1 Å². The highest BCUT2D eigenvalue weighted by molar-refractivity contribution is 8.02. The van der Waals surface area contributed by atoms with Crippen LogP contribution in [0.4, 0.5) is 0 Å². The number of hydrazine groups is 1. The van der Waals surface area contributed by atoms with Crippen LogP contribution < -0.4 is 11.2 Å². The summed E-state index contributed by atoms with van der Waals surface area (Å²) >= 11 is 1.72. The van der Waals surface area contributed by atoms with Crippen molar-refractivity contribution >= 4 is 17.8 Å². The van der Waals surface area contributed by atoms with Gasteiger partial charge in [0.15, 0.2) is 0 Å². The average Bonchev–Trinajstić information content (AvgIpc) is 2.80. The van der Waals surface area contributed by atoms with Gasteiger partial charge in [0, 0.05) is 12.2 Å². The van der Waals surface area contributed by atoms with Gasteiger partial charge in [-0.1, -0.05) is 33.1 Å². The van der Waals surface area contributed by atoms with Crippen molar-refractivity contribution in [1.82, 2.24) is 9.84 Å². The first-order valence-corrected chi connectivity index (χ1v) is 9.01. The van der Waals surface area contributed by atoms with Crippen molar-refractivity contribution in [3.63, 3.8) is 0 Å². The molecule has 3 N–H and O–H groups in total. The molecule has 1 aliphatic carbocycles. The van der Waals surface area contributed by atoms with Gasteiger partial charge in [0.2, 0.25) is 0 Å². The van der Waals surface area contributed by atoms with Gasteiger partial charge in [0.05, 0.1) is 10.9 Å². The highest BCUT2D eigenvalue weighted by Gasteiger charge is 2.26. The Hall–Kier alpha value is -0.680. The van der Waals surface area contributed by atoms with Gasteiger partial charge in [-0.2, -0.15) is 4.41 Å². The zero-order chi connectivity index (χ0) is 15.4. The molecule has 5 heteroatoms. The highest BCUT2D eigenvalue weighted by atomic mass is 32.2. The zero-order valence-corrected chi connectivity index (χ0v) is 14.7. The average molecular weight is 311 g/mol. The van der Waals surface area contributed by atoms with Crippen molar-refractivity contribution in [2.75, 3.05) is 6.54 Å². The van der Waals surface area contributed by atoms with E-state index in [2.05, 4.69) is 42.5 Å². The molecule has 0 bridgehead atoms. The van der Waals surface area contributed by atoms with Gasteiger partial charge in [-0.25, -0.2) is 0 Å². The monoisotopic (exact) mass is 310 g/mol. The van der Waals surface area contributed by atoms with Crippen LogP contribution in [0, 0.1) is 11.8 Å². The SMILES string of the molecule is CC1=C(C(N)=NC(C)C(C)C)SN(CC2CCCCC2)N1. The molecule has 2 rings (SSSR count). The fourth-order valence-corrected chi connectivity index (χ4v) is 3.81. The van der Waals surface area contributed by atoms with Crippen LogP contribution in [-0.4, -0.2) is 22.8 Å². The number of hydrogen-bond acceptors (Lipinski definition) is 4. The van der Waals surface area contributed by atoms with E-state index in [9.17, 15) is 0 Å².